The SMILES string of the molecule is CC.CC.CN(C)CCN1CCNCC1. The van der Waals surface area contributed by atoms with Gasteiger partial charge in [-0.1, -0.05) is 27.7 Å². The minimum Gasteiger partial charge on any atom is -0.314 e. The first-order valence-corrected chi connectivity index (χ1v) is 6.37. The number of nitrogens with zero attached hydrogens (tertiary/aromatic N) is 2. The Morgan fingerprint density at radius 2 is 1.47 bits per heavy atom. The van der Waals surface area contributed by atoms with Gasteiger partial charge in [-0.2, -0.15) is 0 Å². The fourth-order valence-electron chi connectivity index (χ4n) is 1.28. The molecule has 1 fully saturated rings. The Kier molecular flexibility index (Phi) is 16.0. The van der Waals surface area contributed by atoms with Crippen LogP contribution >= 0.6 is 0 Å². The van der Waals surface area contributed by atoms with E-state index in [1.807, 2.05) is 27.7 Å². The van der Waals surface area contributed by atoms with Crippen LogP contribution in [0.25, 0.3) is 0 Å². The van der Waals surface area contributed by atoms with Crippen LogP contribution in [0.1, 0.15) is 27.7 Å². The summed E-state index contributed by atoms with van der Waals surface area (Å²) in [5.41, 5.74) is 0. The van der Waals surface area contributed by atoms with Crippen LogP contribution in [0.15, 0.2) is 0 Å². The Morgan fingerprint density at radius 1 is 1.00 bits per heavy atom. The van der Waals surface area contributed by atoms with Crippen LogP contribution in [0.2, 0.25) is 0 Å². The molecule has 0 aromatic rings. The van der Waals surface area contributed by atoms with Crippen molar-refractivity contribution in [2.75, 3.05) is 53.4 Å². The zero-order valence-electron chi connectivity index (χ0n) is 11.6. The minimum absolute atomic E-state index is 1.16. The van der Waals surface area contributed by atoms with Crippen molar-refractivity contribution in [1.29, 1.82) is 0 Å². The second-order valence-corrected chi connectivity index (χ2v) is 3.39. The molecule has 0 aliphatic carbocycles. The maximum atomic E-state index is 3.35. The molecule has 1 saturated heterocycles. The highest BCUT2D eigenvalue weighted by Crippen LogP contribution is 1.91. The fraction of sp³-hybridized carbons (Fsp3) is 1.00. The summed E-state index contributed by atoms with van der Waals surface area (Å²) >= 11 is 0. The van der Waals surface area contributed by atoms with Crippen molar-refractivity contribution in [1.82, 2.24) is 15.1 Å². The van der Waals surface area contributed by atoms with Crippen LogP contribution < -0.4 is 5.32 Å². The summed E-state index contributed by atoms with van der Waals surface area (Å²) in [5, 5.41) is 3.35. The first kappa shape index (κ1) is 17.3. The number of nitrogens with one attached hydrogen (secondary N) is 1. The van der Waals surface area contributed by atoms with Crippen molar-refractivity contribution in [3.05, 3.63) is 0 Å². The van der Waals surface area contributed by atoms with Crippen molar-refractivity contribution in [3.63, 3.8) is 0 Å². The molecule has 0 radical (unpaired) electrons. The molecule has 0 aromatic heterocycles. The van der Waals surface area contributed by atoms with Crippen molar-refractivity contribution in [3.8, 4) is 0 Å². The summed E-state index contributed by atoms with van der Waals surface area (Å²) in [6.45, 7) is 15.2. The van der Waals surface area contributed by atoms with E-state index in [0.29, 0.717) is 0 Å². The van der Waals surface area contributed by atoms with E-state index in [-0.39, 0.29) is 0 Å². The predicted molar refractivity (Wildman–Crippen MR) is 70.6 cm³/mol. The summed E-state index contributed by atoms with van der Waals surface area (Å²) in [6, 6.07) is 0. The van der Waals surface area contributed by atoms with Gasteiger partial charge in [-0.05, 0) is 14.1 Å². The quantitative estimate of drug-likeness (QED) is 0.773. The van der Waals surface area contributed by atoms with Gasteiger partial charge in [0.25, 0.3) is 0 Å². The normalized spacial score (nSPS) is 16.2. The monoisotopic (exact) mass is 217 g/mol. The van der Waals surface area contributed by atoms with E-state index in [1.54, 1.807) is 0 Å². The molecule has 1 rings (SSSR count). The molecule has 94 valence electrons. The molecular formula is C12H31N3. The predicted octanol–water partition coefficient (Wildman–Crippen LogP) is 1.51. The van der Waals surface area contributed by atoms with E-state index in [2.05, 4.69) is 29.2 Å². The van der Waals surface area contributed by atoms with Gasteiger partial charge in [0.1, 0.15) is 0 Å². The molecule has 0 aromatic carbocycles. The first-order chi connectivity index (χ1) is 7.29. The summed E-state index contributed by atoms with van der Waals surface area (Å²) < 4.78 is 0. The lowest BCUT2D eigenvalue weighted by Crippen LogP contribution is -2.45. The average Bonchev–Trinajstić information content (AvgIpc) is 2.33. The molecule has 3 heteroatoms. The van der Waals surface area contributed by atoms with Crippen LogP contribution in [0.5, 0.6) is 0 Å². The summed E-state index contributed by atoms with van der Waals surface area (Å²) in [4.78, 5) is 4.75. The van der Waals surface area contributed by atoms with Crippen molar-refractivity contribution < 1.29 is 0 Å². The summed E-state index contributed by atoms with van der Waals surface area (Å²) in [5.74, 6) is 0. The van der Waals surface area contributed by atoms with E-state index < -0.39 is 0 Å². The molecule has 1 N–H and O–H groups in total. The van der Waals surface area contributed by atoms with E-state index in [9.17, 15) is 0 Å². The van der Waals surface area contributed by atoms with Gasteiger partial charge < -0.3 is 10.2 Å². The Balaban J connectivity index is 0. The molecule has 1 aliphatic heterocycles. The molecule has 0 bridgehead atoms. The van der Waals surface area contributed by atoms with E-state index in [0.717, 1.165) is 13.1 Å². The number of rotatable bonds is 3. The molecule has 15 heavy (non-hydrogen) atoms. The highest BCUT2D eigenvalue weighted by atomic mass is 15.2. The third-order valence-electron chi connectivity index (χ3n) is 2.07. The lowest BCUT2D eigenvalue weighted by Gasteiger charge is -2.28. The Morgan fingerprint density at radius 3 is 1.87 bits per heavy atom. The fourth-order valence-corrected chi connectivity index (χ4v) is 1.28. The van der Waals surface area contributed by atoms with Gasteiger partial charge in [0.15, 0.2) is 0 Å². The van der Waals surface area contributed by atoms with Crippen LogP contribution in [-0.4, -0.2) is 63.2 Å². The second kappa shape index (κ2) is 13.9. The average molecular weight is 217 g/mol. The van der Waals surface area contributed by atoms with Gasteiger partial charge in [-0.3, -0.25) is 4.90 Å². The Labute approximate surface area is 96.8 Å². The van der Waals surface area contributed by atoms with Gasteiger partial charge in [-0.15, -0.1) is 0 Å². The standard InChI is InChI=1S/C8H19N3.2C2H6/c1-10(2)7-8-11-5-3-9-4-6-11;2*1-2/h9H,3-8H2,1-2H3;2*1-2H3. The lowest BCUT2D eigenvalue weighted by molar-refractivity contribution is 0.217. The van der Waals surface area contributed by atoms with Crippen molar-refractivity contribution in [2.24, 2.45) is 0 Å². The zero-order chi connectivity index (χ0) is 12.1. The topological polar surface area (TPSA) is 18.5 Å². The number of piperazine rings is 1. The molecule has 0 amide bonds. The number of likely N-dealkylation sites (N-methyl/N-ethyl adjacent to an activating group) is 1. The summed E-state index contributed by atoms with van der Waals surface area (Å²) in [7, 11) is 4.25. The number of hydrogen-bond acceptors (Lipinski definition) is 3. The highest BCUT2D eigenvalue weighted by molar-refractivity contribution is 4.67. The van der Waals surface area contributed by atoms with Gasteiger partial charge in [0.05, 0.1) is 0 Å². The van der Waals surface area contributed by atoms with E-state index in [1.165, 1.54) is 26.2 Å². The maximum absolute atomic E-state index is 3.35. The number of hydrogen-bond donors (Lipinski definition) is 1. The van der Waals surface area contributed by atoms with Gasteiger partial charge in [0.2, 0.25) is 0 Å². The molecule has 0 unspecified atom stereocenters. The van der Waals surface area contributed by atoms with E-state index >= 15 is 0 Å². The second-order valence-electron chi connectivity index (χ2n) is 3.39. The largest absolute Gasteiger partial charge is 0.314 e. The Hall–Kier alpha value is -0.120. The van der Waals surface area contributed by atoms with Gasteiger partial charge >= 0.3 is 0 Å². The first-order valence-electron chi connectivity index (χ1n) is 6.37. The Bertz CT molecular complexity index is 99.0. The third kappa shape index (κ3) is 11.8. The highest BCUT2D eigenvalue weighted by Gasteiger charge is 2.08. The van der Waals surface area contributed by atoms with Crippen LogP contribution in [-0.2, 0) is 0 Å². The molecular weight excluding hydrogens is 186 g/mol. The lowest BCUT2D eigenvalue weighted by atomic mass is 10.3. The van der Waals surface area contributed by atoms with E-state index in [4.69, 9.17) is 0 Å². The van der Waals surface area contributed by atoms with Crippen molar-refractivity contribution >= 4 is 0 Å². The molecule has 0 saturated carbocycles. The smallest absolute Gasteiger partial charge is 0.0110 e. The van der Waals surface area contributed by atoms with Crippen LogP contribution in [0, 0.1) is 0 Å². The third-order valence-corrected chi connectivity index (χ3v) is 2.07. The summed E-state index contributed by atoms with van der Waals surface area (Å²) in [6.07, 6.45) is 0. The molecule has 0 atom stereocenters. The molecule has 3 nitrogen and oxygen atoms in total. The van der Waals surface area contributed by atoms with Gasteiger partial charge in [-0.25, -0.2) is 0 Å². The molecule has 1 aliphatic rings. The maximum Gasteiger partial charge on any atom is 0.0110 e. The van der Waals surface area contributed by atoms with Gasteiger partial charge in [0, 0.05) is 39.3 Å². The minimum atomic E-state index is 1.16. The van der Waals surface area contributed by atoms with Crippen molar-refractivity contribution in [2.45, 2.75) is 27.7 Å². The van der Waals surface area contributed by atoms with Crippen LogP contribution in [0.3, 0.4) is 0 Å². The van der Waals surface area contributed by atoms with Crippen LogP contribution in [0.4, 0.5) is 0 Å². The molecule has 0 spiro atoms. The molecule has 1 heterocycles. The zero-order valence-corrected chi connectivity index (χ0v) is 11.6.